The molecule has 2 aromatic carbocycles. The minimum absolute atomic E-state index is 0.0356. The maximum Gasteiger partial charge on any atom is 0.235 e. The first-order valence-corrected chi connectivity index (χ1v) is 7.10. The lowest BCUT2D eigenvalue weighted by Gasteiger charge is -2.10. The number of methoxy groups -OCH3 is 2. The Bertz CT molecular complexity index is 946. The van der Waals surface area contributed by atoms with Gasteiger partial charge in [-0.3, -0.25) is 4.79 Å². The van der Waals surface area contributed by atoms with Gasteiger partial charge in [-0.25, -0.2) is 0 Å². The van der Waals surface area contributed by atoms with Crippen LogP contribution in [-0.4, -0.2) is 19.3 Å². The van der Waals surface area contributed by atoms with E-state index in [4.69, 9.17) is 25.5 Å². The smallest absolute Gasteiger partial charge is 0.235 e. The topological polar surface area (TPSA) is 68.9 Å². The van der Waals surface area contributed by atoms with Gasteiger partial charge in [0.05, 0.1) is 19.6 Å². The zero-order valence-corrected chi connectivity index (χ0v) is 13.2. The predicted octanol–water partition coefficient (Wildman–Crippen LogP) is 3.84. The Morgan fingerprint density at radius 3 is 2.57 bits per heavy atom. The lowest BCUT2D eigenvalue weighted by Crippen LogP contribution is -2.04. The van der Waals surface area contributed by atoms with Crippen molar-refractivity contribution in [3.8, 4) is 28.6 Å². The molecule has 0 spiro atoms. The van der Waals surface area contributed by atoms with E-state index in [1.54, 1.807) is 30.3 Å². The van der Waals surface area contributed by atoms with E-state index in [1.165, 1.54) is 20.3 Å². The minimum Gasteiger partial charge on any atom is -0.502 e. The second kappa shape index (κ2) is 5.85. The molecule has 23 heavy (non-hydrogen) atoms. The monoisotopic (exact) mass is 332 g/mol. The SMILES string of the molecule is COc1cc(OC)c2oc(-c3cccc(Cl)c3)c(O)c(=O)c2c1. The van der Waals surface area contributed by atoms with Crippen molar-refractivity contribution in [2.24, 2.45) is 0 Å². The summed E-state index contributed by atoms with van der Waals surface area (Å²) in [6, 6.07) is 9.77. The molecule has 0 unspecified atom stereocenters. The first-order chi connectivity index (χ1) is 11.0. The van der Waals surface area contributed by atoms with Crippen molar-refractivity contribution in [2.75, 3.05) is 14.2 Å². The van der Waals surface area contributed by atoms with Crippen LogP contribution in [0.3, 0.4) is 0 Å². The number of hydrogen-bond donors (Lipinski definition) is 1. The summed E-state index contributed by atoms with van der Waals surface area (Å²) in [5.74, 6) is 0.305. The molecule has 0 bridgehead atoms. The maximum atomic E-state index is 12.5. The fraction of sp³-hybridized carbons (Fsp3) is 0.118. The van der Waals surface area contributed by atoms with Crippen LogP contribution in [0.2, 0.25) is 5.02 Å². The highest BCUT2D eigenvalue weighted by Gasteiger charge is 2.19. The minimum atomic E-state index is -0.571. The predicted molar refractivity (Wildman–Crippen MR) is 87.7 cm³/mol. The third kappa shape index (κ3) is 2.59. The van der Waals surface area contributed by atoms with Gasteiger partial charge in [0.15, 0.2) is 17.1 Å². The van der Waals surface area contributed by atoms with E-state index < -0.39 is 11.2 Å². The molecular weight excluding hydrogens is 320 g/mol. The third-order valence-corrected chi connectivity index (χ3v) is 3.68. The van der Waals surface area contributed by atoms with Crippen LogP contribution in [0.15, 0.2) is 45.6 Å². The summed E-state index contributed by atoms with van der Waals surface area (Å²) in [5, 5.41) is 10.9. The summed E-state index contributed by atoms with van der Waals surface area (Å²) in [6.45, 7) is 0. The van der Waals surface area contributed by atoms with Crippen molar-refractivity contribution in [1.29, 1.82) is 0 Å². The van der Waals surface area contributed by atoms with Crippen LogP contribution >= 0.6 is 11.6 Å². The summed E-state index contributed by atoms with van der Waals surface area (Å²) >= 11 is 5.96. The number of rotatable bonds is 3. The molecule has 118 valence electrons. The molecule has 0 radical (unpaired) electrons. The average molecular weight is 333 g/mol. The average Bonchev–Trinajstić information content (AvgIpc) is 2.57. The Morgan fingerprint density at radius 1 is 1.13 bits per heavy atom. The van der Waals surface area contributed by atoms with Gasteiger partial charge in [-0.1, -0.05) is 23.7 Å². The molecule has 0 fully saturated rings. The Morgan fingerprint density at radius 2 is 1.91 bits per heavy atom. The molecule has 0 saturated heterocycles. The number of halogens is 1. The zero-order valence-electron chi connectivity index (χ0n) is 12.4. The highest BCUT2D eigenvalue weighted by Crippen LogP contribution is 2.36. The van der Waals surface area contributed by atoms with Crippen molar-refractivity contribution < 1.29 is 19.0 Å². The molecule has 0 aliphatic rings. The molecule has 0 atom stereocenters. The van der Waals surface area contributed by atoms with E-state index in [1.807, 2.05) is 0 Å². The van der Waals surface area contributed by atoms with Crippen LogP contribution in [0.4, 0.5) is 0 Å². The van der Waals surface area contributed by atoms with E-state index in [-0.39, 0.29) is 16.7 Å². The van der Waals surface area contributed by atoms with Crippen molar-refractivity contribution in [1.82, 2.24) is 0 Å². The highest BCUT2D eigenvalue weighted by atomic mass is 35.5. The first-order valence-electron chi connectivity index (χ1n) is 6.73. The van der Waals surface area contributed by atoms with Crippen molar-refractivity contribution in [3.05, 3.63) is 51.6 Å². The molecule has 6 heteroatoms. The van der Waals surface area contributed by atoms with Gasteiger partial charge in [0.2, 0.25) is 11.2 Å². The van der Waals surface area contributed by atoms with Gasteiger partial charge in [0, 0.05) is 16.7 Å². The Balaban J connectivity index is 2.38. The summed E-state index contributed by atoms with van der Waals surface area (Å²) in [4.78, 5) is 12.5. The van der Waals surface area contributed by atoms with E-state index in [0.717, 1.165) is 0 Å². The molecule has 0 aliphatic heterocycles. The van der Waals surface area contributed by atoms with Crippen molar-refractivity contribution >= 4 is 22.6 Å². The summed E-state index contributed by atoms with van der Waals surface area (Å²) in [7, 11) is 2.93. The first kappa shape index (κ1) is 15.2. The lowest BCUT2D eigenvalue weighted by molar-refractivity contribution is 0.390. The van der Waals surface area contributed by atoms with Gasteiger partial charge in [-0.15, -0.1) is 0 Å². The second-order valence-electron chi connectivity index (χ2n) is 4.83. The van der Waals surface area contributed by atoms with Gasteiger partial charge in [-0.2, -0.15) is 0 Å². The van der Waals surface area contributed by atoms with E-state index in [2.05, 4.69) is 0 Å². The van der Waals surface area contributed by atoms with Crippen LogP contribution < -0.4 is 14.9 Å². The van der Waals surface area contributed by atoms with Crippen LogP contribution in [0.1, 0.15) is 0 Å². The van der Waals surface area contributed by atoms with E-state index >= 15 is 0 Å². The summed E-state index contributed by atoms with van der Waals surface area (Å²) in [5.41, 5.74) is 0.149. The normalized spacial score (nSPS) is 10.7. The number of hydrogen-bond acceptors (Lipinski definition) is 5. The fourth-order valence-corrected chi connectivity index (χ4v) is 2.52. The van der Waals surface area contributed by atoms with Gasteiger partial charge in [0.1, 0.15) is 5.75 Å². The van der Waals surface area contributed by atoms with E-state index in [9.17, 15) is 9.90 Å². The largest absolute Gasteiger partial charge is 0.502 e. The molecule has 5 nitrogen and oxygen atoms in total. The molecule has 0 aliphatic carbocycles. The van der Waals surface area contributed by atoms with Gasteiger partial charge < -0.3 is 19.0 Å². The quantitative estimate of drug-likeness (QED) is 0.789. The molecule has 3 rings (SSSR count). The Hall–Kier alpha value is -2.66. The van der Waals surface area contributed by atoms with Crippen molar-refractivity contribution in [3.63, 3.8) is 0 Å². The number of fused-ring (bicyclic) bond motifs is 1. The Labute approximate surface area is 136 Å². The van der Waals surface area contributed by atoms with Gasteiger partial charge >= 0.3 is 0 Å². The van der Waals surface area contributed by atoms with E-state index in [0.29, 0.717) is 22.1 Å². The number of aromatic hydroxyl groups is 1. The number of benzene rings is 2. The van der Waals surface area contributed by atoms with Crippen LogP contribution in [0.25, 0.3) is 22.3 Å². The molecule has 1 aromatic heterocycles. The maximum absolute atomic E-state index is 12.5. The van der Waals surface area contributed by atoms with Crippen LogP contribution in [0, 0.1) is 0 Å². The van der Waals surface area contributed by atoms with Gasteiger partial charge in [0.25, 0.3) is 0 Å². The molecular formula is C17H13ClO5. The zero-order chi connectivity index (χ0) is 16.6. The van der Waals surface area contributed by atoms with Crippen molar-refractivity contribution in [2.45, 2.75) is 0 Å². The molecule has 1 heterocycles. The third-order valence-electron chi connectivity index (χ3n) is 3.45. The Kier molecular flexibility index (Phi) is 3.88. The summed E-state index contributed by atoms with van der Waals surface area (Å²) < 4.78 is 16.1. The molecule has 1 N–H and O–H groups in total. The second-order valence-corrected chi connectivity index (χ2v) is 5.26. The van der Waals surface area contributed by atoms with Crippen LogP contribution in [0.5, 0.6) is 17.2 Å². The molecule has 0 amide bonds. The number of ether oxygens (including phenoxy) is 2. The lowest BCUT2D eigenvalue weighted by atomic mass is 10.1. The fourth-order valence-electron chi connectivity index (χ4n) is 2.33. The molecule has 3 aromatic rings. The van der Waals surface area contributed by atoms with Crippen LogP contribution in [-0.2, 0) is 0 Å². The summed E-state index contributed by atoms with van der Waals surface area (Å²) in [6.07, 6.45) is 0. The standard InChI is InChI=1S/C17H13ClO5/c1-21-11-7-12-14(19)15(20)16(9-4-3-5-10(18)6-9)23-17(12)13(8-11)22-2/h3-8,20H,1-2H3. The highest BCUT2D eigenvalue weighted by molar-refractivity contribution is 6.30. The van der Waals surface area contributed by atoms with Gasteiger partial charge in [-0.05, 0) is 18.2 Å². The molecule has 0 saturated carbocycles.